The van der Waals surface area contributed by atoms with Crippen LogP contribution < -0.4 is 0 Å². The lowest BCUT2D eigenvalue weighted by atomic mass is 9.99. The van der Waals surface area contributed by atoms with Gasteiger partial charge in [0.05, 0.1) is 43.7 Å². The van der Waals surface area contributed by atoms with Gasteiger partial charge in [-0.05, 0) is 45.2 Å². The Labute approximate surface area is 240 Å². The molecule has 7 heteroatoms. The quantitative estimate of drug-likeness (QED) is 0.268. The van der Waals surface area contributed by atoms with Gasteiger partial charge in [-0.1, -0.05) is 86.8 Å². The minimum atomic E-state index is -0.989. The zero-order valence-electron chi connectivity index (χ0n) is 25.2. The topological polar surface area (TPSA) is 77.5 Å². The predicted molar refractivity (Wildman–Crippen MR) is 157 cm³/mol. The highest BCUT2D eigenvalue weighted by atomic mass is 16.6. The van der Waals surface area contributed by atoms with Crippen LogP contribution in [0.2, 0.25) is 0 Å². The molecule has 1 aliphatic carbocycles. The Kier molecular flexibility index (Phi) is 12.0. The van der Waals surface area contributed by atoms with Crippen molar-refractivity contribution < 1.29 is 28.8 Å². The summed E-state index contributed by atoms with van der Waals surface area (Å²) in [6.07, 6.45) is 2.59. The molecule has 1 amide bonds. The molecular formula is C33H49NO6. The van der Waals surface area contributed by atoms with Gasteiger partial charge in [0.25, 0.3) is 0 Å². The van der Waals surface area contributed by atoms with E-state index in [1.165, 1.54) is 0 Å². The zero-order chi connectivity index (χ0) is 29.2. The fourth-order valence-corrected chi connectivity index (χ4v) is 5.05. The molecule has 0 radical (unpaired) electrons. The molecule has 1 fully saturated rings. The number of likely N-dealkylation sites (N-methyl/N-ethyl adjacent to an activating group) is 1. The van der Waals surface area contributed by atoms with Crippen molar-refractivity contribution in [1.82, 2.24) is 4.90 Å². The largest absolute Gasteiger partial charge is 0.444 e. The fraction of sp³-hybridized carbons (Fsp3) is 0.606. The number of aliphatic hydroxyl groups is 1. The van der Waals surface area contributed by atoms with Gasteiger partial charge in [0.1, 0.15) is 11.7 Å². The lowest BCUT2D eigenvalue weighted by Crippen LogP contribution is -2.52. The Morgan fingerprint density at radius 2 is 1.43 bits per heavy atom. The van der Waals surface area contributed by atoms with E-state index in [2.05, 4.69) is 6.92 Å². The SMILES string of the molecule is CCCCCC(C)(O)CO[C@H]1[C@H](N(C)C(=O)OC(C)(C)C)[C@@H](OCc2ccccc2)C[C@H]1OCc1ccccc1. The highest BCUT2D eigenvalue weighted by Gasteiger charge is 2.50. The van der Waals surface area contributed by atoms with Crippen LogP contribution in [0.15, 0.2) is 60.7 Å². The zero-order valence-corrected chi connectivity index (χ0v) is 25.2. The highest BCUT2D eigenvalue weighted by molar-refractivity contribution is 5.68. The Balaban J connectivity index is 1.85. The fourth-order valence-electron chi connectivity index (χ4n) is 5.05. The molecule has 3 rings (SSSR count). The minimum absolute atomic E-state index is 0.136. The third-order valence-corrected chi connectivity index (χ3v) is 7.20. The monoisotopic (exact) mass is 555 g/mol. The summed E-state index contributed by atoms with van der Waals surface area (Å²) in [7, 11) is 1.73. The van der Waals surface area contributed by atoms with E-state index < -0.39 is 29.4 Å². The summed E-state index contributed by atoms with van der Waals surface area (Å²) < 4.78 is 25.1. The molecule has 222 valence electrons. The highest BCUT2D eigenvalue weighted by Crippen LogP contribution is 2.34. The van der Waals surface area contributed by atoms with Crippen LogP contribution in [0.3, 0.4) is 0 Å². The van der Waals surface area contributed by atoms with Crippen LogP contribution in [-0.2, 0) is 32.2 Å². The number of unbranched alkanes of at least 4 members (excludes halogenated alkanes) is 2. The number of ether oxygens (including phenoxy) is 4. The maximum absolute atomic E-state index is 13.3. The molecule has 0 bridgehead atoms. The number of carbonyl (C=O) groups excluding carboxylic acids is 1. The van der Waals surface area contributed by atoms with Crippen molar-refractivity contribution in [3.63, 3.8) is 0 Å². The van der Waals surface area contributed by atoms with Gasteiger partial charge < -0.3 is 29.0 Å². The van der Waals surface area contributed by atoms with Gasteiger partial charge in [-0.2, -0.15) is 0 Å². The number of nitrogens with zero attached hydrogens (tertiary/aromatic N) is 1. The van der Waals surface area contributed by atoms with Gasteiger partial charge in [0.15, 0.2) is 0 Å². The van der Waals surface area contributed by atoms with E-state index in [1.807, 2.05) is 88.4 Å². The molecule has 40 heavy (non-hydrogen) atoms. The lowest BCUT2D eigenvalue weighted by molar-refractivity contribution is -0.127. The molecule has 5 atom stereocenters. The third kappa shape index (κ3) is 10.2. The molecule has 0 heterocycles. The standard InChI is InChI=1S/C33H49NO6/c1-7-8-15-20-33(5,36)24-39-30-28(38-23-26-18-13-10-14-19-26)21-27(37-22-25-16-11-9-12-17-25)29(30)34(6)31(35)40-32(2,3)4/h9-14,16-19,27-30,36H,7-8,15,20-24H2,1-6H3/t27-,28+,29+,30+,33?/m0/s1. The van der Waals surface area contributed by atoms with Crippen molar-refractivity contribution in [2.75, 3.05) is 13.7 Å². The molecule has 2 aromatic rings. The average Bonchev–Trinajstić information content (AvgIpc) is 3.26. The summed E-state index contributed by atoms with van der Waals surface area (Å²) in [5.41, 5.74) is 0.467. The van der Waals surface area contributed by atoms with Crippen molar-refractivity contribution in [2.24, 2.45) is 0 Å². The van der Waals surface area contributed by atoms with Crippen molar-refractivity contribution in [3.05, 3.63) is 71.8 Å². The first-order valence-electron chi connectivity index (χ1n) is 14.6. The van der Waals surface area contributed by atoms with Crippen LogP contribution in [0.25, 0.3) is 0 Å². The Morgan fingerprint density at radius 1 is 0.875 bits per heavy atom. The first-order valence-corrected chi connectivity index (χ1v) is 14.6. The second-order valence-corrected chi connectivity index (χ2v) is 12.2. The first-order chi connectivity index (χ1) is 19.0. The van der Waals surface area contributed by atoms with Gasteiger partial charge >= 0.3 is 6.09 Å². The van der Waals surface area contributed by atoms with Gasteiger partial charge in [-0.15, -0.1) is 0 Å². The number of benzene rings is 2. The Bertz CT molecular complexity index is 1010. The molecule has 0 aromatic heterocycles. The van der Waals surface area contributed by atoms with Crippen LogP contribution in [0.5, 0.6) is 0 Å². The van der Waals surface area contributed by atoms with Crippen LogP contribution in [-0.4, -0.2) is 65.3 Å². The van der Waals surface area contributed by atoms with E-state index in [0.717, 1.165) is 30.4 Å². The van der Waals surface area contributed by atoms with Crippen molar-refractivity contribution in [2.45, 2.75) is 115 Å². The predicted octanol–water partition coefficient (Wildman–Crippen LogP) is 6.51. The first kappa shape index (κ1) is 32.1. The molecule has 1 saturated carbocycles. The van der Waals surface area contributed by atoms with Crippen LogP contribution in [0.1, 0.15) is 77.8 Å². The van der Waals surface area contributed by atoms with Crippen LogP contribution >= 0.6 is 0 Å². The van der Waals surface area contributed by atoms with Crippen LogP contribution in [0.4, 0.5) is 4.79 Å². The summed E-state index contributed by atoms with van der Waals surface area (Å²) in [4.78, 5) is 14.9. The minimum Gasteiger partial charge on any atom is -0.444 e. The third-order valence-electron chi connectivity index (χ3n) is 7.20. The normalized spacial score (nSPS) is 22.6. The lowest BCUT2D eigenvalue weighted by Gasteiger charge is -2.36. The van der Waals surface area contributed by atoms with Crippen molar-refractivity contribution >= 4 is 6.09 Å². The maximum atomic E-state index is 13.3. The van der Waals surface area contributed by atoms with Crippen molar-refractivity contribution in [3.8, 4) is 0 Å². The molecule has 1 unspecified atom stereocenters. The van der Waals surface area contributed by atoms with Gasteiger partial charge in [0, 0.05) is 13.5 Å². The summed E-state index contributed by atoms with van der Waals surface area (Å²) in [5, 5.41) is 11.1. The number of carbonyl (C=O) groups is 1. The van der Waals surface area contributed by atoms with Gasteiger partial charge in [0.2, 0.25) is 0 Å². The Morgan fingerprint density at radius 3 is 1.95 bits per heavy atom. The van der Waals surface area contributed by atoms with Crippen molar-refractivity contribution in [1.29, 1.82) is 0 Å². The number of amides is 1. The summed E-state index contributed by atoms with van der Waals surface area (Å²) in [6.45, 7) is 10.5. The van der Waals surface area contributed by atoms with E-state index in [-0.39, 0.29) is 18.8 Å². The van der Waals surface area contributed by atoms with E-state index in [0.29, 0.717) is 26.1 Å². The maximum Gasteiger partial charge on any atom is 0.410 e. The molecule has 2 aromatic carbocycles. The van der Waals surface area contributed by atoms with Gasteiger partial charge in [-0.25, -0.2) is 4.79 Å². The molecule has 0 saturated heterocycles. The molecule has 0 spiro atoms. The summed E-state index contributed by atoms with van der Waals surface area (Å²) in [6, 6.07) is 19.5. The van der Waals surface area contributed by atoms with Gasteiger partial charge in [-0.3, -0.25) is 0 Å². The average molecular weight is 556 g/mol. The van der Waals surface area contributed by atoms with E-state index in [9.17, 15) is 9.90 Å². The molecule has 0 aliphatic heterocycles. The van der Waals surface area contributed by atoms with Crippen LogP contribution in [0, 0.1) is 0 Å². The summed E-state index contributed by atoms with van der Waals surface area (Å²) >= 11 is 0. The number of rotatable bonds is 14. The van der Waals surface area contributed by atoms with E-state index in [1.54, 1.807) is 11.9 Å². The Hall–Kier alpha value is -2.45. The van der Waals surface area contributed by atoms with E-state index >= 15 is 0 Å². The molecule has 1 aliphatic rings. The number of hydrogen-bond donors (Lipinski definition) is 1. The second-order valence-electron chi connectivity index (χ2n) is 12.2. The summed E-state index contributed by atoms with van der Waals surface area (Å²) in [5.74, 6) is 0. The molecular weight excluding hydrogens is 506 g/mol. The number of hydrogen-bond acceptors (Lipinski definition) is 6. The smallest absolute Gasteiger partial charge is 0.410 e. The molecule has 1 N–H and O–H groups in total. The second kappa shape index (κ2) is 15.0. The molecule has 7 nitrogen and oxygen atoms in total. The van der Waals surface area contributed by atoms with E-state index in [4.69, 9.17) is 18.9 Å².